The highest BCUT2D eigenvalue weighted by atomic mass is 32.1. The number of nitrogens with zero attached hydrogens (tertiary/aromatic N) is 2. The highest BCUT2D eigenvalue weighted by Crippen LogP contribution is 2.28. The number of methoxy groups -OCH3 is 2. The molecule has 2 N–H and O–H groups in total. The maximum atomic E-state index is 5.33. The van der Waals surface area contributed by atoms with Gasteiger partial charge in [0, 0.05) is 11.6 Å². The van der Waals surface area contributed by atoms with Crippen LogP contribution >= 0.6 is 12.2 Å². The van der Waals surface area contributed by atoms with Crippen LogP contribution < -0.4 is 20.1 Å². The third-order valence-corrected chi connectivity index (χ3v) is 3.80. The molecule has 0 aliphatic rings. The van der Waals surface area contributed by atoms with Gasteiger partial charge in [0.15, 0.2) is 5.11 Å². The lowest BCUT2D eigenvalue weighted by Crippen LogP contribution is -2.28. The number of hydrogen-bond acceptors (Lipinski definition) is 6. The van der Waals surface area contributed by atoms with E-state index in [0.717, 1.165) is 11.3 Å². The lowest BCUT2D eigenvalue weighted by Gasteiger charge is -2.13. The second kappa shape index (κ2) is 8.30. The van der Waals surface area contributed by atoms with Gasteiger partial charge in [0.2, 0.25) is 11.7 Å². The zero-order valence-electron chi connectivity index (χ0n) is 14.4. The molecular formula is C18H18N4O3S. The van der Waals surface area contributed by atoms with E-state index in [1.165, 1.54) is 0 Å². The van der Waals surface area contributed by atoms with Crippen molar-refractivity contribution in [3.05, 3.63) is 54.4 Å². The van der Waals surface area contributed by atoms with E-state index in [-0.39, 0.29) is 0 Å². The molecule has 7 nitrogen and oxygen atoms in total. The van der Waals surface area contributed by atoms with Crippen LogP contribution in [0.3, 0.4) is 0 Å². The van der Waals surface area contributed by atoms with Gasteiger partial charge in [-0.15, -0.1) is 0 Å². The molecule has 26 heavy (non-hydrogen) atoms. The van der Waals surface area contributed by atoms with Crippen LogP contribution in [0.25, 0.3) is 11.4 Å². The maximum Gasteiger partial charge on any atom is 0.246 e. The lowest BCUT2D eigenvalue weighted by atomic mass is 10.2. The number of ether oxygens (including phenoxy) is 2. The Labute approximate surface area is 156 Å². The molecule has 3 rings (SSSR count). The zero-order chi connectivity index (χ0) is 18.4. The maximum absolute atomic E-state index is 5.33. The first kappa shape index (κ1) is 17.7. The number of aromatic nitrogens is 2. The van der Waals surface area contributed by atoms with E-state index in [0.29, 0.717) is 34.9 Å². The molecule has 0 unspecified atom stereocenters. The van der Waals surface area contributed by atoms with E-state index < -0.39 is 0 Å². The zero-order valence-corrected chi connectivity index (χ0v) is 15.2. The fourth-order valence-corrected chi connectivity index (χ4v) is 2.44. The number of anilines is 1. The molecule has 0 bridgehead atoms. The van der Waals surface area contributed by atoms with E-state index in [1.54, 1.807) is 20.3 Å². The van der Waals surface area contributed by atoms with E-state index in [9.17, 15) is 0 Å². The summed E-state index contributed by atoms with van der Waals surface area (Å²) in [6, 6.07) is 15.0. The van der Waals surface area contributed by atoms with Crippen LogP contribution in [0.5, 0.6) is 11.5 Å². The predicted molar refractivity (Wildman–Crippen MR) is 102 cm³/mol. The van der Waals surface area contributed by atoms with Crippen LogP contribution in [0.1, 0.15) is 5.89 Å². The number of hydrogen-bond donors (Lipinski definition) is 2. The van der Waals surface area contributed by atoms with Gasteiger partial charge in [-0.05, 0) is 24.4 Å². The average Bonchev–Trinajstić information content (AvgIpc) is 3.16. The fraction of sp³-hybridized carbons (Fsp3) is 0.167. The summed E-state index contributed by atoms with van der Waals surface area (Å²) in [5, 5.41) is 10.5. The summed E-state index contributed by atoms with van der Waals surface area (Å²) in [4.78, 5) is 4.35. The fourth-order valence-electron chi connectivity index (χ4n) is 2.26. The molecule has 8 heteroatoms. The minimum atomic E-state index is 0.310. The first-order valence-corrected chi connectivity index (χ1v) is 8.25. The molecule has 2 aromatic carbocycles. The van der Waals surface area contributed by atoms with Gasteiger partial charge in [0.05, 0.1) is 26.5 Å². The number of rotatable bonds is 6. The SMILES string of the molecule is COc1ccc(NC(=S)NCc2nc(-c3ccccc3)no2)c(OC)c1. The third-order valence-electron chi connectivity index (χ3n) is 3.56. The van der Waals surface area contributed by atoms with Crippen molar-refractivity contribution in [2.45, 2.75) is 6.54 Å². The van der Waals surface area contributed by atoms with Gasteiger partial charge in [0.1, 0.15) is 11.5 Å². The lowest BCUT2D eigenvalue weighted by molar-refractivity contribution is 0.376. The Morgan fingerprint density at radius 1 is 1.12 bits per heavy atom. The molecule has 1 aromatic heterocycles. The molecule has 0 spiro atoms. The molecule has 0 aliphatic heterocycles. The summed E-state index contributed by atoms with van der Waals surface area (Å²) in [6.07, 6.45) is 0. The summed E-state index contributed by atoms with van der Waals surface area (Å²) in [5.74, 6) is 2.30. The average molecular weight is 370 g/mol. The first-order chi connectivity index (χ1) is 12.7. The Bertz CT molecular complexity index is 883. The number of benzene rings is 2. The van der Waals surface area contributed by atoms with Gasteiger partial charge in [-0.3, -0.25) is 0 Å². The second-order valence-electron chi connectivity index (χ2n) is 5.25. The third kappa shape index (κ3) is 4.28. The molecule has 134 valence electrons. The van der Waals surface area contributed by atoms with Crippen LogP contribution in [-0.2, 0) is 6.54 Å². The van der Waals surface area contributed by atoms with Crippen molar-refractivity contribution < 1.29 is 14.0 Å². The minimum Gasteiger partial charge on any atom is -0.497 e. The summed E-state index contributed by atoms with van der Waals surface area (Å²) >= 11 is 5.31. The molecule has 0 aliphatic carbocycles. The predicted octanol–water partition coefficient (Wildman–Crippen LogP) is 3.24. The Kier molecular flexibility index (Phi) is 5.65. The van der Waals surface area contributed by atoms with Crippen molar-refractivity contribution in [3.8, 4) is 22.9 Å². The summed E-state index contributed by atoms with van der Waals surface area (Å²) in [5.41, 5.74) is 1.62. The standard InChI is InChI=1S/C18H18N4O3S/c1-23-13-8-9-14(15(10-13)24-2)20-18(26)19-11-16-21-17(22-25-16)12-6-4-3-5-7-12/h3-10H,11H2,1-2H3,(H2,19,20,26). The molecule has 0 saturated carbocycles. The molecule has 0 fully saturated rings. The Morgan fingerprint density at radius 3 is 2.65 bits per heavy atom. The van der Waals surface area contributed by atoms with E-state index in [4.69, 9.17) is 26.2 Å². The van der Waals surface area contributed by atoms with Crippen molar-refractivity contribution >= 4 is 23.0 Å². The summed E-state index contributed by atoms with van der Waals surface area (Å²) in [7, 11) is 3.18. The molecule has 0 amide bonds. The number of thiocarbonyl (C=S) groups is 1. The van der Waals surface area contributed by atoms with Crippen molar-refractivity contribution in [3.63, 3.8) is 0 Å². The van der Waals surface area contributed by atoms with E-state index in [2.05, 4.69) is 20.8 Å². The van der Waals surface area contributed by atoms with Crippen molar-refractivity contribution in [1.29, 1.82) is 0 Å². The van der Waals surface area contributed by atoms with Crippen molar-refractivity contribution in [2.75, 3.05) is 19.5 Å². The molecule has 0 atom stereocenters. The van der Waals surface area contributed by atoms with Crippen LogP contribution in [0.15, 0.2) is 53.1 Å². The quantitative estimate of drug-likeness (QED) is 0.640. The van der Waals surface area contributed by atoms with Crippen LogP contribution in [-0.4, -0.2) is 29.5 Å². The first-order valence-electron chi connectivity index (χ1n) is 7.84. The highest BCUT2D eigenvalue weighted by Gasteiger charge is 2.10. The molecule has 0 saturated heterocycles. The smallest absolute Gasteiger partial charge is 0.246 e. The van der Waals surface area contributed by atoms with Gasteiger partial charge >= 0.3 is 0 Å². The van der Waals surface area contributed by atoms with Crippen LogP contribution in [0.4, 0.5) is 5.69 Å². The minimum absolute atomic E-state index is 0.310. The van der Waals surface area contributed by atoms with Gasteiger partial charge in [-0.2, -0.15) is 4.98 Å². The van der Waals surface area contributed by atoms with Crippen LogP contribution in [0, 0.1) is 0 Å². The Morgan fingerprint density at radius 2 is 1.92 bits per heavy atom. The summed E-state index contributed by atoms with van der Waals surface area (Å²) in [6.45, 7) is 0.310. The van der Waals surface area contributed by atoms with Crippen LogP contribution in [0.2, 0.25) is 0 Å². The second-order valence-corrected chi connectivity index (χ2v) is 5.66. The van der Waals surface area contributed by atoms with Crippen molar-refractivity contribution in [1.82, 2.24) is 15.5 Å². The van der Waals surface area contributed by atoms with Crippen molar-refractivity contribution in [2.24, 2.45) is 0 Å². The Balaban J connectivity index is 1.59. The summed E-state index contributed by atoms with van der Waals surface area (Å²) < 4.78 is 15.8. The van der Waals surface area contributed by atoms with Gasteiger partial charge in [-0.1, -0.05) is 35.5 Å². The van der Waals surface area contributed by atoms with Gasteiger partial charge in [-0.25, -0.2) is 0 Å². The van der Waals surface area contributed by atoms with Gasteiger partial charge < -0.3 is 24.6 Å². The molecule has 1 heterocycles. The van der Waals surface area contributed by atoms with E-state index in [1.807, 2.05) is 42.5 Å². The number of nitrogens with one attached hydrogen (secondary N) is 2. The Hall–Kier alpha value is -3.13. The highest BCUT2D eigenvalue weighted by molar-refractivity contribution is 7.80. The van der Waals surface area contributed by atoms with E-state index >= 15 is 0 Å². The normalized spacial score (nSPS) is 10.2. The molecular weight excluding hydrogens is 352 g/mol. The van der Waals surface area contributed by atoms with Gasteiger partial charge in [0.25, 0.3) is 0 Å². The molecule has 3 aromatic rings. The monoisotopic (exact) mass is 370 g/mol. The largest absolute Gasteiger partial charge is 0.497 e. The topological polar surface area (TPSA) is 81.4 Å². The molecule has 0 radical (unpaired) electrons.